The summed E-state index contributed by atoms with van der Waals surface area (Å²) in [7, 11) is 0. The quantitative estimate of drug-likeness (QED) is 0.431. The molecule has 0 rings (SSSR count). The maximum Gasteiger partial charge on any atom is 0.236 e. The van der Waals surface area contributed by atoms with E-state index in [4.69, 9.17) is 6.42 Å². The van der Waals surface area contributed by atoms with E-state index < -0.39 is 4.32 Å². The van der Waals surface area contributed by atoms with E-state index in [0.29, 0.717) is 13.0 Å². The molecule has 3 heteroatoms. The Hall–Kier alpha value is -0.490. The molecule has 0 heterocycles. The van der Waals surface area contributed by atoms with Crippen molar-refractivity contribution in [3.8, 4) is 12.3 Å². The predicted molar refractivity (Wildman–Crippen MR) is 49.5 cm³/mol. The number of hydrogen-bond donors (Lipinski definition) is 1. The third kappa shape index (κ3) is 4.86. The maximum atomic E-state index is 11.1. The molecule has 0 fully saturated rings. The summed E-state index contributed by atoms with van der Waals surface area (Å²) < 4.78 is -0.498. The largest absolute Gasteiger partial charge is 0.354 e. The van der Waals surface area contributed by atoms with Crippen LogP contribution >= 0.6 is 15.9 Å². The van der Waals surface area contributed by atoms with Gasteiger partial charge in [-0.05, 0) is 13.8 Å². The first-order valence-electron chi connectivity index (χ1n) is 3.39. The number of amides is 1. The lowest BCUT2D eigenvalue weighted by Crippen LogP contribution is -2.37. The van der Waals surface area contributed by atoms with E-state index in [1.165, 1.54) is 0 Å². The Kier molecular flexibility index (Phi) is 4.20. The first-order chi connectivity index (χ1) is 4.98. The minimum atomic E-state index is -0.498. The van der Waals surface area contributed by atoms with Crippen LogP contribution in [0.5, 0.6) is 0 Å². The second-order valence-corrected chi connectivity index (χ2v) is 4.66. The normalized spacial score (nSPS) is 10.4. The highest BCUT2D eigenvalue weighted by Gasteiger charge is 2.22. The summed E-state index contributed by atoms with van der Waals surface area (Å²) >= 11 is 3.23. The van der Waals surface area contributed by atoms with Crippen LogP contribution in [-0.2, 0) is 4.79 Å². The summed E-state index contributed by atoms with van der Waals surface area (Å²) in [6, 6.07) is 0. The van der Waals surface area contributed by atoms with Gasteiger partial charge in [0.25, 0.3) is 0 Å². The minimum Gasteiger partial charge on any atom is -0.354 e. The van der Waals surface area contributed by atoms with Crippen LogP contribution in [-0.4, -0.2) is 16.8 Å². The van der Waals surface area contributed by atoms with Gasteiger partial charge in [-0.3, -0.25) is 4.79 Å². The van der Waals surface area contributed by atoms with Crippen molar-refractivity contribution in [3.63, 3.8) is 0 Å². The highest BCUT2D eigenvalue weighted by molar-refractivity contribution is 9.10. The number of carbonyl (C=O) groups is 1. The van der Waals surface area contributed by atoms with Crippen molar-refractivity contribution in [2.45, 2.75) is 24.6 Å². The molecular formula is C8H12BrNO. The Morgan fingerprint density at radius 2 is 2.27 bits per heavy atom. The molecule has 0 aliphatic rings. The molecule has 2 nitrogen and oxygen atoms in total. The third-order valence-corrected chi connectivity index (χ3v) is 1.45. The molecule has 62 valence electrons. The van der Waals surface area contributed by atoms with Gasteiger partial charge in [0, 0.05) is 13.0 Å². The molecule has 1 amide bonds. The topological polar surface area (TPSA) is 29.1 Å². The van der Waals surface area contributed by atoms with Crippen molar-refractivity contribution in [3.05, 3.63) is 0 Å². The van der Waals surface area contributed by atoms with Crippen molar-refractivity contribution >= 4 is 21.8 Å². The molecule has 1 N–H and O–H groups in total. The lowest BCUT2D eigenvalue weighted by molar-refractivity contribution is -0.122. The van der Waals surface area contributed by atoms with E-state index in [9.17, 15) is 4.79 Å². The second kappa shape index (κ2) is 4.40. The Morgan fingerprint density at radius 1 is 1.73 bits per heavy atom. The molecular weight excluding hydrogens is 206 g/mol. The zero-order valence-electron chi connectivity index (χ0n) is 6.78. The first kappa shape index (κ1) is 10.5. The standard InChI is InChI=1S/C8H12BrNO/c1-4-5-6-10-7(11)8(2,3)9/h1H,5-6H2,2-3H3,(H,10,11). The molecule has 0 unspecified atom stereocenters. The summed E-state index contributed by atoms with van der Waals surface area (Å²) in [5, 5.41) is 2.70. The number of nitrogens with one attached hydrogen (secondary N) is 1. The number of alkyl halides is 1. The van der Waals surface area contributed by atoms with E-state index >= 15 is 0 Å². The summed E-state index contributed by atoms with van der Waals surface area (Å²) in [4.78, 5) is 11.1. The molecule has 0 aliphatic carbocycles. The van der Waals surface area contributed by atoms with Crippen LogP contribution in [0.2, 0.25) is 0 Å². The van der Waals surface area contributed by atoms with Gasteiger partial charge in [0.15, 0.2) is 0 Å². The molecule has 0 saturated carbocycles. The van der Waals surface area contributed by atoms with Gasteiger partial charge in [0.1, 0.15) is 0 Å². The van der Waals surface area contributed by atoms with Gasteiger partial charge < -0.3 is 5.32 Å². The zero-order chi connectivity index (χ0) is 8.91. The van der Waals surface area contributed by atoms with E-state index in [-0.39, 0.29) is 5.91 Å². The van der Waals surface area contributed by atoms with E-state index in [2.05, 4.69) is 27.2 Å². The van der Waals surface area contributed by atoms with Crippen LogP contribution in [0.4, 0.5) is 0 Å². The molecule has 0 radical (unpaired) electrons. The van der Waals surface area contributed by atoms with E-state index in [0.717, 1.165) is 0 Å². The fourth-order valence-electron chi connectivity index (χ4n) is 0.458. The first-order valence-corrected chi connectivity index (χ1v) is 4.18. The van der Waals surface area contributed by atoms with Crippen LogP contribution in [0, 0.1) is 12.3 Å². The molecule has 0 aromatic heterocycles. The van der Waals surface area contributed by atoms with Gasteiger partial charge in [-0.25, -0.2) is 0 Å². The average molecular weight is 218 g/mol. The number of carbonyl (C=O) groups excluding carboxylic acids is 1. The van der Waals surface area contributed by atoms with Gasteiger partial charge in [-0.2, -0.15) is 0 Å². The van der Waals surface area contributed by atoms with Gasteiger partial charge in [-0.1, -0.05) is 15.9 Å². The Labute approximate surface area is 75.9 Å². The fourth-order valence-corrected chi connectivity index (χ4v) is 0.599. The van der Waals surface area contributed by atoms with Crippen molar-refractivity contribution in [2.75, 3.05) is 6.54 Å². The molecule has 0 atom stereocenters. The monoisotopic (exact) mass is 217 g/mol. The van der Waals surface area contributed by atoms with Gasteiger partial charge >= 0.3 is 0 Å². The Morgan fingerprint density at radius 3 is 2.64 bits per heavy atom. The Bertz CT molecular complexity index is 176. The summed E-state index contributed by atoms with van der Waals surface area (Å²) in [6.45, 7) is 4.13. The van der Waals surface area contributed by atoms with Gasteiger partial charge in [0.05, 0.1) is 4.32 Å². The van der Waals surface area contributed by atoms with Crippen LogP contribution in [0.1, 0.15) is 20.3 Å². The molecule has 0 aromatic carbocycles. The highest BCUT2D eigenvalue weighted by Crippen LogP contribution is 2.14. The number of rotatable bonds is 3. The van der Waals surface area contributed by atoms with E-state index in [1.54, 1.807) is 13.8 Å². The highest BCUT2D eigenvalue weighted by atomic mass is 79.9. The van der Waals surface area contributed by atoms with E-state index in [1.807, 2.05) is 0 Å². The summed E-state index contributed by atoms with van der Waals surface area (Å²) in [5.74, 6) is 2.41. The van der Waals surface area contributed by atoms with Crippen LogP contribution in [0.25, 0.3) is 0 Å². The van der Waals surface area contributed by atoms with Crippen LogP contribution in [0.15, 0.2) is 0 Å². The minimum absolute atomic E-state index is 0.0345. The number of halogens is 1. The van der Waals surface area contributed by atoms with Gasteiger partial charge in [-0.15, -0.1) is 12.3 Å². The SMILES string of the molecule is C#CCCNC(=O)C(C)(C)Br. The van der Waals surface area contributed by atoms with Crippen molar-refractivity contribution in [1.82, 2.24) is 5.32 Å². The summed E-state index contributed by atoms with van der Waals surface area (Å²) in [6.07, 6.45) is 5.59. The number of terminal acetylenes is 1. The average Bonchev–Trinajstić information content (AvgIpc) is 1.86. The molecule has 0 saturated heterocycles. The predicted octanol–water partition coefficient (Wildman–Crippen LogP) is 1.30. The number of hydrogen-bond acceptors (Lipinski definition) is 1. The fraction of sp³-hybridized carbons (Fsp3) is 0.625. The molecule has 11 heavy (non-hydrogen) atoms. The van der Waals surface area contributed by atoms with Crippen molar-refractivity contribution in [1.29, 1.82) is 0 Å². The lowest BCUT2D eigenvalue weighted by atomic mass is 10.2. The molecule has 0 aliphatic heterocycles. The lowest BCUT2D eigenvalue weighted by Gasteiger charge is -2.14. The van der Waals surface area contributed by atoms with Crippen LogP contribution < -0.4 is 5.32 Å². The summed E-state index contributed by atoms with van der Waals surface area (Å²) in [5.41, 5.74) is 0. The maximum absolute atomic E-state index is 11.1. The van der Waals surface area contributed by atoms with Crippen molar-refractivity contribution < 1.29 is 4.79 Å². The molecule has 0 aromatic rings. The molecule has 0 bridgehead atoms. The van der Waals surface area contributed by atoms with Crippen LogP contribution in [0.3, 0.4) is 0 Å². The molecule has 0 spiro atoms. The zero-order valence-corrected chi connectivity index (χ0v) is 8.36. The van der Waals surface area contributed by atoms with Crippen molar-refractivity contribution in [2.24, 2.45) is 0 Å². The smallest absolute Gasteiger partial charge is 0.236 e. The Balaban J connectivity index is 3.64. The van der Waals surface area contributed by atoms with Gasteiger partial charge in [0.2, 0.25) is 5.91 Å². The third-order valence-electron chi connectivity index (χ3n) is 1.09. The second-order valence-electron chi connectivity index (χ2n) is 2.68.